The Labute approximate surface area is 146 Å². The molecule has 0 spiro atoms. The molecule has 134 valence electrons. The predicted molar refractivity (Wildman–Crippen MR) is 88.2 cm³/mol. The summed E-state index contributed by atoms with van der Waals surface area (Å²) in [6.45, 7) is 0. The molecule has 0 bridgehead atoms. The summed E-state index contributed by atoms with van der Waals surface area (Å²) in [6.07, 6.45) is 2.88. The molecule has 2 heterocycles. The lowest BCUT2D eigenvalue weighted by molar-refractivity contribution is -0.144. The standard InChI is InChI=1S/C18H14F3N3O2/c1-26-11-3-5-12-10(6-11)8-15(22-12)16(25)9-2-4-13-14(7-9)24-17(23-13)18(19,20)21/h2-8,10,12,22H,1H3,(H,23,24). The highest BCUT2D eigenvalue weighted by atomic mass is 19.4. The van der Waals surface area contributed by atoms with Gasteiger partial charge in [0.2, 0.25) is 11.6 Å². The third-order valence-corrected chi connectivity index (χ3v) is 4.41. The number of H-pyrrole nitrogens is 1. The lowest BCUT2D eigenvalue weighted by Gasteiger charge is -2.18. The van der Waals surface area contributed by atoms with Gasteiger partial charge in [-0.1, -0.05) is 6.08 Å². The Balaban J connectivity index is 1.63. The molecule has 0 radical (unpaired) electrons. The van der Waals surface area contributed by atoms with Crippen molar-refractivity contribution in [3.63, 3.8) is 0 Å². The Hall–Kier alpha value is -3.03. The number of ketones is 1. The number of aromatic nitrogens is 2. The fourth-order valence-electron chi connectivity index (χ4n) is 3.11. The van der Waals surface area contributed by atoms with Crippen molar-refractivity contribution < 1.29 is 22.7 Å². The first kappa shape index (κ1) is 16.4. The second kappa shape index (κ2) is 5.76. The fraction of sp³-hybridized carbons (Fsp3) is 0.222. The first-order valence-corrected chi connectivity index (χ1v) is 7.89. The monoisotopic (exact) mass is 361 g/mol. The average Bonchev–Trinajstić information content (AvgIpc) is 3.23. The number of aromatic amines is 1. The van der Waals surface area contributed by atoms with Crippen molar-refractivity contribution >= 4 is 16.8 Å². The van der Waals surface area contributed by atoms with Gasteiger partial charge in [0.05, 0.1) is 29.9 Å². The Morgan fingerprint density at radius 2 is 2.08 bits per heavy atom. The first-order chi connectivity index (χ1) is 12.3. The van der Waals surface area contributed by atoms with Crippen molar-refractivity contribution in [2.45, 2.75) is 12.2 Å². The maximum absolute atomic E-state index is 12.8. The van der Waals surface area contributed by atoms with Crippen LogP contribution in [0.2, 0.25) is 0 Å². The molecule has 0 saturated heterocycles. The third-order valence-electron chi connectivity index (χ3n) is 4.41. The van der Waals surface area contributed by atoms with Gasteiger partial charge in [-0.15, -0.1) is 0 Å². The molecule has 8 heteroatoms. The molecule has 4 rings (SSSR count). The van der Waals surface area contributed by atoms with Crippen molar-refractivity contribution in [3.8, 4) is 0 Å². The minimum absolute atomic E-state index is 0.0124. The van der Waals surface area contributed by atoms with E-state index >= 15 is 0 Å². The number of rotatable bonds is 3. The van der Waals surface area contributed by atoms with Crippen LogP contribution < -0.4 is 5.32 Å². The third kappa shape index (κ3) is 2.77. The van der Waals surface area contributed by atoms with E-state index in [9.17, 15) is 18.0 Å². The molecule has 2 aromatic rings. The molecule has 5 nitrogen and oxygen atoms in total. The molecular weight excluding hydrogens is 347 g/mol. The number of carbonyl (C=O) groups excluding carboxylic acids is 1. The molecular formula is C18H14F3N3O2. The van der Waals surface area contributed by atoms with Gasteiger partial charge in [-0.2, -0.15) is 13.2 Å². The molecule has 2 atom stereocenters. The molecule has 2 unspecified atom stereocenters. The van der Waals surface area contributed by atoms with E-state index in [-0.39, 0.29) is 34.3 Å². The Morgan fingerprint density at radius 3 is 2.81 bits per heavy atom. The number of hydrogen-bond donors (Lipinski definition) is 2. The molecule has 2 aliphatic rings. The van der Waals surface area contributed by atoms with Crippen LogP contribution in [-0.2, 0) is 10.9 Å². The van der Waals surface area contributed by atoms with E-state index in [4.69, 9.17) is 4.74 Å². The highest BCUT2D eigenvalue weighted by Crippen LogP contribution is 2.30. The maximum atomic E-state index is 12.8. The summed E-state index contributed by atoms with van der Waals surface area (Å²) >= 11 is 0. The van der Waals surface area contributed by atoms with Crippen LogP contribution >= 0.6 is 0 Å². The smallest absolute Gasteiger partial charge is 0.449 e. The van der Waals surface area contributed by atoms with Crippen LogP contribution in [0.5, 0.6) is 0 Å². The molecule has 1 aliphatic heterocycles. The van der Waals surface area contributed by atoms with Crippen LogP contribution in [-0.4, -0.2) is 28.9 Å². The SMILES string of the molecule is COC1=CC2C=C(C(=O)c3ccc4nc(C(F)(F)F)[nH]c4c3)NC2C=C1. The number of methoxy groups -OCH3 is 1. The van der Waals surface area contributed by atoms with Crippen molar-refractivity contribution in [1.29, 1.82) is 0 Å². The average molecular weight is 361 g/mol. The predicted octanol–water partition coefficient (Wildman–Crippen LogP) is 3.34. The van der Waals surface area contributed by atoms with E-state index in [0.29, 0.717) is 5.70 Å². The number of hydrogen-bond acceptors (Lipinski definition) is 4. The molecule has 26 heavy (non-hydrogen) atoms. The number of Topliss-reactive ketones (excluding diaryl/α,β-unsaturated/α-hetero) is 1. The number of allylic oxidation sites excluding steroid dienone is 2. The quantitative estimate of drug-likeness (QED) is 0.823. The van der Waals surface area contributed by atoms with E-state index < -0.39 is 12.0 Å². The van der Waals surface area contributed by atoms with Gasteiger partial charge in [0.15, 0.2) is 0 Å². The lowest BCUT2D eigenvalue weighted by atomic mass is 9.96. The first-order valence-electron chi connectivity index (χ1n) is 7.89. The van der Waals surface area contributed by atoms with Gasteiger partial charge in [-0.3, -0.25) is 4.79 Å². The Kier molecular flexibility index (Phi) is 3.64. The highest BCUT2D eigenvalue weighted by Gasteiger charge is 2.35. The van der Waals surface area contributed by atoms with E-state index in [2.05, 4.69) is 15.3 Å². The molecule has 1 aromatic heterocycles. The number of fused-ring (bicyclic) bond motifs is 2. The number of benzene rings is 1. The summed E-state index contributed by atoms with van der Waals surface area (Å²) in [5, 5.41) is 3.13. The van der Waals surface area contributed by atoms with Gasteiger partial charge in [0.1, 0.15) is 5.76 Å². The van der Waals surface area contributed by atoms with Crippen molar-refractivity contribution in [2.75, 3.05) is 7.11 Å². The summed E-state index contributed by atoms with van der Waals surface area (Å²) in [7, 11) is 1.57. The topological polar surface area (TPSA) is 67.0 Å². The Bertz CT molecular complexity index is 985. The molecule has 1 aromatic carbocycles. The van der Waals surface area contributed by atoms with Gasteiger partial charge in [-0.25, -0.2) is 4.98 Å². The lowest BCUT2D eigenvalue weighted by Crippen LogP contribution is -2.29. The van der Waals surface area contributed by atoms with Crippen molar-refractivity contribution in [2.24, 2.45) is 5.92 Å². The molecule has 0 saturated carbocycles. The van der Waals surface area contributed by atoms with Crippen LogP contribution in [0.1, 0.15) is 16.2 Å². The maximum Gasteiger partial charge on any atom is 0.449 e. The van der Waals surface area contributed by atoms with E-state index in [0.717, 1.165) is 5.76 Å². The van der Waals surface area contributed by atoms with E-state index in [1.54, 1.807) is 13.2 Å². The van der Waals surface area contributed by atoms with Gasteiger partial charge >= 0.3 is 6.18 Å². The normalized spacial score (nSPS) is 21.8. The van der Waals surface area contributed by atoms with Gasteiger partial charge in [0.25, 0.3) is 0 Å². The number of nitrogens with one attached hydrogen (secondary N) is 2. The van der Waals surface area contributed by atoms with E-state index in [1.165, 1.54) is 18.2 Å². The summed E-state index contributed by atoms with van der Waals surface area (Å²) in [4.78, 5) is 18.5. The fourth-order valence-corrected chi connectivity index (χ4v) is 3.11. The second-order valence-corrected chi connectivity index (χ2v) is 6.10. The molecule has 0 fully saturated rings. The highest BCUT2D eigenvalue weighted by molar-refractivity contribution is 6.10. The number of halogens is 3. The zero-order chi connectivity index (χ0) is 18.5. The second-order valence-electron chi connectivity index (χ2n) is 6.10. The van der Waals surface area contributed by atoms with E-state index in [1.807, 2.05) is 18.2 Å². The summed E-state index contributed by atoms with van der Waals surface area (Å²) in [6, 6.07) is 4.22. The largest absolute Gasteiger partial charge is 0.497 e. The van der Waals surface area contributed by atoms with Crippen LogP contribution in [0.25, 0.3) is 11.0 Å². The number of imidazole rings is 1. The number of carbonyl (C=O) groups is 1. The summed E-state index contributed by atoms with van der Waals surface area (Å²) < 4.78 is 43.5. The number of alkyl halides is 3. The van der Waals surface area contributed by atoms with Gasteiger partial charge in [-0.05, 0) is 36.4 Å². The number of nitrogens with zero attached hydrogens (tertiary/aromatic N) is 1. The van der Waals surface area contributed by atoms with Crippen LogP contribution in [0.3, 0.4) is 0 Å². The zero-order valence-electron chi connectivity index (χ0n) is 13.6. The van der Waals surface area contributed by atoms with Gasteiger partial charge < -0.3 is 15.0 Å². The van der Waals surface area contributed by atoms with Crippen LogP contribution in [0, 0.1) is 5.92 Å². The van der Waals surface area contributed by atoms with Gasteiger partial charge in [0, 0.05) is 11.5 Å². The summed E-state index contributed by atoms with van der Waals surface area (Å²) in [5.41, 5.74) is 1.02. The van der Waals surface area contributed by atoms with Crippen LogP contribution in [0.4, 0.5) is 13.2 Å². The molecule has 0 amide bonds. The van der Waals surface area contributed by atoms with Crippen molar-refractivity contribution in [3.05, 3.63) is 65.3 Å². The zero-order valence-corrected chi connectivity index (χ0v) is 13.6. The summed E-state index contributed by atoms with van der Waals surface area (Å²) in [5.74, 6) is -0.660. The van der Waals surface area contributed by atoms with Crippen LogP contribution in [0.15, 0.2) is 54.0 Å². The Morgan fingerprint density at radius 1 is 1.27 bits per heavy atom. The van der Waals surface area contributed by atoms with Crippen molar-refractivity contribution in [1.82, 2.24) is 15.3 Å². The number of ether oxygens (including phenoxy) is 1. The minimum atomic E-state index is -4.56. The minimum Gasteiger partial charge on any atom is -0.497 e. The molecule has 1 aliphatic carbocycles. The molecule has 2 N–H and O–H groups in total.